The summed E-state index contributed by atoms with van der Waals surface area (Å²) in [6, 6.07) is 4.31. The molecule has 0 saturated heterocycles. The molecule has 0 fully saturated rings. The molecule has 0 spiro atoms. The largest absolute Gasteiger partial charge is 0.490 e. The van der Waals surface area contributed by atoms with Gasteiger partial charge in [-0.1, -0.05) is 33.6 Å². The Bertz CT molecular complexity index is 337. The van der Waals surface area contributed by atoms with Crippen molar-refractivity contribution >= 4 is 5.82 Å². The Morgan fingerprint density at radius 3 is 2.61 bits per heavy atom. The summed E-state index contributed by atoms with van der Waals surface area (Å²) in [7, 11) is 0. The smallest absolute Gasteiger partial charge is 0.168 e. The van der Waals surface area contributed by atoms with Crippen LogP contribution in [0.25, 0.3) is 0 Å². The number of nitrogens with one attached hydrogen (secondary N) is 1. The summed E-state index contributed by atoms with van der Waals surface area (Å²) in [4.78, 5) is 4.39. The molecule has 1 heterocycles. The van der Waals surface area contributed by atoms with Crippen molar-refractivity contribution in [3.05, 3.63) is 18.3 Å². The van der Waals surface area contributed by atoms with Crippen molar-refractivity contribution in [2.24, 2.45) is 5.92 Å². The molecule has 0 aliphatic carbocycles. The van der Waals surface area contributed by atoms with Crippen LogP contribution in [0.4, 0.5) is 5.82 Å². The van der Waals surface area contributed by atoms with E-state index in [1.54, 1.807) is 6.20 Å². The second-order valence-corrected chi connectivity index (χ2v) is 4.71. The first kappa shape index (κ1) is 14.8. The number of nitrogens with zero attached hydrogens (tertiary/aromatic N) is 1. The molecule has 18 heavy (non-hydrogen) atoms. The molecule has 3 nitrogen and oxygen atoms in total. The molecule has 102 valence electrons. The number of rotatable bonds is 8. The second kappa shape index (κ2) is 7.96. The lowest BCUT2D eigenvalue weighted by molar-refractivity contribution is 0.317. The number of hydrogen-bond acceptors (Lipinski definition) is 3. The minimum absolute atomic E-state index is 0.416. The number of aromatic nitrogens is 1. The zero-order chi connectivity index (χ0) is 13.4. The molecule has 0 aromatic carbocycles. The summed E-state index contributed by atoms with van der Waals surface area (Å²) in [5.41, 5.74) is 0. The van der Waals surface area contributed by atoms with Gasteiger partial charge in [0.05, 0.1) is 6.61 Å². The van der Waals surface area contributed by atoms with E-state index in [2.05, 4.69) is 38.0 Å². The molecule has 1 unspecified atom stereocenters. The van der Waals surface area contributed by atoms with Gasteiger partial charge >= 0.3 is 0 Å². The molecule has 1 N–H and O–H groups in total. The lowest BCUT2D eigenvalue weighted by atomic mass is 9.95. The van der Waals surface area contributed by atoms with E-state index >= 15 is 0 Å². The normalized spacial score (nSPS) is 12.5. The summed E-state index contributed by atoms with van der Waals surface area (Å²) in [6.45, 7) is 9.53. The van der Waals surface area contributed by atoms with E-state index in [0.717, 1.165) is 24.6 Å². The summed E-state index contributed by atoms with van der Waals surface area (Å²) < 4.78 is 5.71. The van der Waals surface area contributed by atoms with E-state index in [0.29, 0.717) is 12.0 Å². The molecule has 3 heteroatoms. The number of anilines is 1. The number of hydrogen-bond donors (Lipinski definition) is 1. The maximum atomic E-state index is 5.71. The SMILES string of the molecule is CCCOc1cccnc1NC(C)C(CC)CC. The predicted octanol–water partition coefficient (Wildman–Crippen LogP) is 4.11. The molecule has 1 aromatic rings. The van der Waals surface area contributed by atoms with Crippen molar-refractivity contribution in [3.8, 4) is 5.75 Å². The quantitative estimate of drug-likeness (QED) is 0.754. The van der Waals surface area contributed by atoms with Gasteiger partial charge in [0.2, 0.25) is 0 Å². The van der Waals surface area contributed by atoms with Gasteiger partial charge in [-0.3, -0.25) is 0 Å². The van der Waals surface area contributed by atoms with Gasteiger partial charge in [-0.15, -0.1) is 0 Å². The molecule has 0 radical (unpaired) electrons. The zero-order valence-electron chi connectivity index (χ0n) is 12.1. The van der Waals surface area contributed by atoms with Crippen LogP contribution in [0.2, 0.25) is 0 Å². The lowest BCUT2D eigenvalue weighted by Crippen LogP contribution is -2.25. The molecule has 0 saturated carbocycles. The van der Waals surface area contributed by atoms with E-state index < -0.39 is 0 Å². The van der Waals surface area contributed by atoms with Crippen molar-refractivity contribution in [2.75, 3.05) is 11.9 Å². The summed E-state index contributed by atoms with van der Waals surface area (Å²) in [6.07, 6.45) is 5.18. The van der Waals surface area contributed by atoms with Crippen LogP contribution in [0.1, 0.15) is 47.0 Å². The van der Waals surface area contributed by atoms with Crippen LogP contribution in [0.3, 0.4) is 0 Å². The van der Waals surface area contributed by atoms with Crippen LogP contribution in [-0.2, 0) is 0 Å². The molecule has 0 amide bonds. The van der Waals surface area contributed by atoms with Gasteiger partial charge in [-0.25, -0.2) is 4.98 Å². The highest BCUT2D eigenvalue weighted by molar-refractivity contribution is 5.50. The molecule has 0 aliphatic rings. The van der Waals surface area contributed by atoms with Gasteiger partial charge in [0.1, 0.15) is 0 Å². The molecule has 1 rings (SSSR count). The van der Waals surface area contributed by atoms with Gasteiger partial charge in [-0.2, -0.15) is 0 Å². The molecule has 1 aromatic heterocycles. The first-order valence-corrected chi connectivity index (χ1v) is 7.07. The Balaban J connectivity index is 2.70. The molecular weight excluding hydrogens is 224 g/mol. The van der Waals surface area contributed by atoms with Crippen molar-refractivity contribution < 1.29 is 4.74 Å². The molecular formula is C15H26N2O. The fraction of sp³-hybridized carbons (Fsp3) is 0.667. The first-order chi connectivity index (χ1) is 8.72. The monoisotopic (exact) mass is 250 g/mol. The second-order valence-electron chi connectivity index (χ2n) is 4.71. The average Bonchev–Trinajstić information content (AvgIpc) is 2.39. The van der Waals surface area contributed by atoms with E-state index in [4.69, 9.17) is 4.74 Å². The van der Waals surface area contributed by atoms with Crippen LogP contribution in [0.15, 0.2) is 18.3 Å². The summed E-state index contributed by atoms with van der Waals surface area (Å²) in [5.74, 6) is 2.40. The Labute approximate surface area is 111 Å². The minimum atomic E-state index is 0.416. The fourth-order valence-corrected chi connectivity index (χ4v) is 2.16. The average molecular weight is 250 g/mol. The fourth-order valence-electron chi connectivity index (χ4n) is 2.16. The molecule has 0 bridgehead atoms. The van der Waals surface area contributed by atoms with Crippen LogP contribution < -0.4 is 10.1 Å². The Hall–Kier alpha value is -1.25. The van der Waals surface area contributed by atoms with Gasteiger partial charge in [0.15, 0.2) is 11.6 Å². The number of ether oxygens (including phenoxy) is 1. The topological polar surface area (TPSA) is 34.1 Å². The van der Waals surface area contributed by atoms with Crippen LogP contribution in [-0.4, -0.2) is 17.6 Å². The van der Waals surface area contributed by atoms with Crippen LogP contribution in [0, 0.1) is 5.92 Å². The first-order valence-electron chi connectivity index (χ1n) is 7.07. The maximum Gasteiger partial charge on any atom is 0.168 e. The van der Waals surface area contributed by atoms with Crippen molar-refractivity contribution in [1.29, 1.82) is 0 Å². The van der Waals surface area contributed by atoms with Crippen LogP contribution >= 0.6 is 0 Å². The van der Waals surface area contributed by atoms with E-state index in [-0.39, 0.29) is 0 Å². The molecule has 0 aliphatic heterocycles. The van der Waals surface area contributed by atoms with Crippen molar-refractivity contribution in [2.45, 2.75) is 53.0 Å². The highest BCUT2D eigenvalue weighted by Gasteiger charge is 2.15. The number of pyridine rings is 1. The van der Waals surface area contributed by atoms with Gasteiger partial charge in [0.25, 0.3) is 0 Å². The Morgan fingerprint density at radius 1 is 1.28 bits per heavy atom. The van der Waals surface area contributed by atoms with E-state index in [9.17, 15) is 0 Å². The van der Waals surface area contributed by atoms with Gasteiger partial charge in [0, 0.05) is 12.2 Å². The highest BCUT2D eigenvalue weighted by Crippen LogP contribution is 2.24. The highest BCUT2D eigenvalue weighted by atomic mass is 16.5. The Morgan fingerprint density at radius 2 is 2.00 bits per heavy atom. The third kappa shape index (κ3) is 4.21. The Kier molecular flexibility index (Phi) is 6.55. The van der Waals surface area contributed by atoms with Gasteiger partial charge < -0.3 is 10.1 Å². The predicted molar refractivity (Wildman–Crippen MR) is 77.2 cm³/mol. The third-order valence-electron chi connectivity index (χ3n) is 3.35. The zero-order valence-corrected chi connectivity index (χ0v) is 12.1. The molecule has 1 atom stereocenters. The minimum Gasteiger partial charge on any atom is -0.490 e. The van der Waals surface area contributed by atoms with E-state index in [1.165, 1.54) is 12.8 Å². The lowest BCUT2D eigenvalue weighted by Gasteiger charge is -2.24. The standard InChI is InChI=1S/C15H26N2O/c1-5-11-18-14-9-8-10-16-15(14)17-12(4)13(6-2)7-3/h8-10,12-13H,5-7,11H2,1-4H3,(H,16,17). The maximum absolute atomic E-state index is 5.71. The van der Waals surface area contributed by atoms with Crippen molar-refractivity contribution in [3.63, 3.8) is 0 Å². The summed E-state index contributed by atoms with van der Waals surface area (Å²) in [5, 5.41) is 3.49. The van der Waals surface area contributed by atoms with Crippen molar-refractivity contribution in [1.82, 2.24) is 4.98 Å². The van der Waals surface area contributed by atoms with E-state index in [1.807, 2.05) is 12.1 Å². The summed E-state index contributed by atoms with van der Waals surface area (Å²) >= 11 is 0. The third-order valence-corrected chi connectivity index (χ3v) is 3.35. The van der Waals surface area contributed by atoms with Crippen LogP contribution in [0.5, 0.6) is 5.75 Å². The van der Waals surface area contributed by atoms with Gasteiger partial charge in [-0.05, 0) is 31.4 Å².